The maximum Gasteiger partial charge on any atom is 0.220 e. The van der Waals surface area contributed by atoms with E-state index in [2.05, 4.69) is 40.3 Å². The highest BCUT2D eigenvalue weighted by Gasteiger charge is 2.17. The summed E-state index contributed by atoms with van der Waals surface area (Å²) in [6.45, 7) is 0. The van der Waals surface area contributed by atoms with Crippen LogP contribution >= 0.6 is 0 Å². The van der Waals surface area contributed by atoms with E-state index < -0.39 is 0 Å². The van der Waals surface area contributed by atoms with Crippen molar-refractivity contribution in [2.24, 2.45) is 0 Å². The fourth-order valence-electron chi connectivity index (χ4n) is 3.32. The zero-order chi connectivity index (χ0) is 16.5. The first-order valence-corrected chi connectivity index (χ1v) is 8.21. The Kier molecular flexibility index (Phi) is 3.65. The third-order valence-corrected chi connectivity index (χ3v) is 4.67. The van der Waals surface area contributed by atoms with E-state index in [0.717, 1.165) is 42.4 Å². The molecule has 4 nitrogen and oxygen atoms in total. The Hall–Kier alpha value is -2.88. The van der Waals surface area contributed by atoms with E-state index in [9.17, 15) is 5.11 Å². The molecule has 3 aromatic rings. The molecule has 1 aromatic heterocycles. The second kappa shape index (κ2) is 5.96. The summed E-state index contributed by atoms with van der Waals surface area (Å²) in [5.74, 6) is 0.542. The second-order valence-electron chi connectivity index (χ2n) is 6.22. The molecule has 1 heterocycles. The number of hydrogen-bond acceptors (Lipinski definition) is 4. The number of benzene rings is 2. The van der Waals surface area contributed by atoms with Gasteiger partial charge in [0.1, 0.15) is 5.75 Å². The molecule has 4 aliphatic rings. The van der Waals surface area contributed by atoms with Crippen LogP contribution in [0.15, 0.2) is 48.7 Å². The van der Waals surface area contributed by atoms with Gasteiger partial charge in [-0.1, -0.05) is 36.4 Å². The zero-order valence-electron chi connectivity index (χ0n) is 13.4. The van der Waals surface area contributed by atoms with Gasteiger partial charge in [-0.15, -0.1) is 0 Å². The van der Waals surface area contributed by atoms with Crippen molar-refractivity contribution in [3.63, 3.8) is 0 Å². The van der Waals surface area contributed by atoms with Gasteiger partial charge in [-0.05, 0) is 54.0 Å². The normalized spacial score (nSPS) is 13.5. The lowest BCUT2D eigenvalue weighted by atomic mass is 9.91. The summed E-state index contributed by atoms with van der Waals surface area (Å²) in [5, 5.41) is 10.9. The van der Waals surface area contributed by atoms with Gasteiger partial charge >= 0.3 is 0 Å². The smallest absolute Gasteiger partial charge is 0.220 e. The van der Waals surface area contributed by atoms with Gasteiger partial charge in [-0.25, -0.2) is 9.97 Å². The second-order valence-corrected chi connectivity index (χ2v) is 6.22. The van der Waals surface area contributed by atoms with Crippen LogP contribution in [0.5, 0.6) is 5.75 Å². The van der Waals surface area contributed by atoms with Gasteiger partial charge in [-0.3, -0.25) is 0 Å². The van der Waals surface area contributed by atoms with Crippen molar-refractivity contribution in [2.75, 3.05) is 5.73 Å². The largest absolute Gasteiger partial charge is 0.507 e. The van der Waals surface area contributed by atoms with Gasteiger partial charge in [0.15, 0.2) is 0 Å². The zero-order valence-corrected chi connectivity index (χ0v) is 13.4. The lowest BCUT2D eigenvalue weighted by Gasteiger charge is -2.16. The lowest BCUT2D eigenvalue weighted by molar-refractivity contribution is 0.469. The van der Waals surface area contributed by atoms with Crippen LogP contribution in [0, 0.1) is 0 Å². The van der Waals surface area contributed by atoms with E-state index >= 15 is 0 Å². The van der Waals surface area contributed by atoms with E-state index in [4.69, 9.17) is 5.73 Å². The molecule has 0 atom stereocenters. The van der Waals surface area contributed by atoms with Crippen LogP contribution in [0.1, 0.15) is 22.3 Å². The number of phenols is 1. The molecule has 24 heavy (non-hydrogen) atoms. The lowest BCUT2D eigenvalue weighted by Crippen LogP contribution is -2.03. The summed E-state index contributed by atoms with van der Waals surface area (Å²) < 4.78 is 0. The Labute approximate surface area is 141 Å². The number of phenolic OH excluding ortho intramolecular Hbond substituents is 1. The molecule has 0 saturated heterocycles. The van der Waals surface area contributed by atoms with Crippen LogP contribution in [-0.2, 0) is 25.7 Å². The first-order chi connectivity index (χ1) is 11.7. The molecule has 0 aliphatic heterocycles. The average Bonchev–Trinajstić information content (AvgIpc) is 2.58. The Balaban J connectivity index is 1.86. The molecular weight excluding hydrogens is 298 g/mol. The van der Waals surface area contributed by atoms with Crippen LogP contribution in [0.4, 0.5) is 5.95 Å². The van der Waals surface area contributed by atoms with E-state index in [-0.39, 0.29) is 5.95 Å². The van der Waals surface area contributed by atoms with E-state index in [1.807, 2.05) is 6.07 Å². The Morgan fingerprint density at radius 3 is 2.08 bits per heavy atom. The molecule has 0 fully saturated rings. The van der Waals surface area contributed by atoms with Gasteiger partial charge < -0.3 is 10.8 Å². The van der Waals surface area contributed by atoms with Crippen molar-refractivity contribution in [3.05, 3.63) is 70.9 Å². The minimum absolute atomic E-state index is 0.222. The predicted molar refractivity (Wildman–Crippen MR) is 94.8 cm³/mol. The summed E-state index contributed by atoms with van der Waals surface area (Å²) >= 11 is 0. The van der Waals surface area contributed by atoms with Crippen LogP contribution < -0.4 is 5.73 Å². The maximum atomic E-state index is 10.9. The summed E-state index contributed by atoms with van der Waals surface area (Å²) in [7, 11) is 0. The molecule has 4 aliphatic carbocycles. The molecule has 4 bridgehead atoms. The third kappa shape index (κ3) is 2.71. The minimum atomic E-state index is 0.222. The Morgan fingerprint density at radius 1 is 0.792 bits per heavy atom. The fraction of sp³-hybridized carbons (Fsp3) is 0.200. The number of aromatic hydroxyl groups is 1. The van der Waals surface area contributed by atoms with Crippen molar-refractivity contribution >= 4 is 5.95 Å². The van der Waals surface area contributed by atoms with Gasteiger partial charge in [0.25, 0.3) is 0 Å². The van der Waals surface area contributed by atoms with Gasteiger partial charge in [0, 0.05) is 11.8 Å². The molecule has 2 aromatic carbocycles. The molecular formula is C20H19N3O. The van der Waals surface area contributed by atoms with E-state index in [1.54, 1.807) is 12.3 Å². The first kappa shape index (κ1) is 14.7. The van der Waals surface area contributed by atoms with Crippen LogP contribution in [0.2, 0.25) is 0 Å². The van der Waals surface area contributed by atoms with Crippen molar-refractivity contribution in [1.29, 1.82) is 0 Å². The standard InChI is InChI=1S/C20H19N3O/c21-20-22-12-11-17(23-20)18-15-7-5-13-1-3-14(4-2-13)6-8-16(10-9-15)19(18)24/h1-4,9-12,24H,5-8H2,(H2,21,22,23). The molecule has 7 rings (SSSR count). The Bertz CT molecular complexity index is 888. The molecule has 3 N–H and O–H groups in total. The van der Waals surface area contributed by atoms with Crippen LogP contribution in [0.25, 0.3) is 11.3 Å². The van der Waals surface area contributed by atoms with Crippen molar-refractivity contribution < 1.29 is 5.11 Å². The van der Waals surface area contributed by atoms with Crippen molar-refractivity contribution in [2.45, 2.75) is 25.7 Å². The van der Waals surface area contributed by atoms with Crippen molar-refractivity contribution in [3.8, 4) is 17.0 Å². The molecule has 4 heteroatoms. The summed E-state index contributed by atoms with van der Waals surface area (Å²) in [6.07, 6.45) is 5.09. The summed E-state index contributed by atoms with van der Waals surface area (Å²) in [5.41, 5.74) is 11.8. The number of aromatic nitrogens is 2. The topological polar surface area (TPSA) is 72.0 Å². The highest BCUT2D eigenvalue weighted by molar-refractivity contribution is 5.73. The summed E-state index contributed by atoms with van der Waals surface area (Å²) in [4.78, 5) is 8.28. The molecule has 0 amide bonds. The maximum absolute atomic E-state index is 10.9. The molecule has 0 unspecified atom stereocenters. The summed E-state index contributed by atoms with van der Waals surface area (Å²) in [6, 6.07) is 14.7. The molecule has 0 spiro atoms. The third-order valence-electron chi connectivity index (χ3n) is 4.67. The van der Waals surface area contributed by atoms with E-state index in [1.165, 1.54) is 11.1 Å². The number of nitrogens with two attached hydrogens (primary N) is 1. The predicted octanol–water partition coefficient (Wildman–Crippen LogP) is 3.32. The number of rotatable bonds is 1. The fourth-order valence-corrected chi connectivity index (χ4v) is 3.32. The number of hydrogen-bond donors (Lipinski definition) is 2. The Morgan fingerprint density at radius 2 is 1.42 bits per heavy atom. The van der Waals surface area contributed by atoms with Gasteiger partial charge in [-0.2, -0.15) is 0 Å². The number of aryl methyl sites for hydroxylation is 4. The molecule has 0 radical (unpaired) electrons. The van der Waals surface area contributed by atoms with Gasteiger partial charge in [0.05, 0.1) is 5.69 Å². The monoisotopic (exact) mass is 317 g/mol. The molecule has 0 saturated carbocycles. The minimum Gasteiger partial charge on any atom is -0.507 e. The van der Waals surface area contributed by atoms with Gasteiger partial charge in [0.2, 0.25) is 5.95 Å². The van der Waals surface area contributed by atoms with E-state index in [0.29, 0.717) is 11.4 Å². The molecule has 120 valence electrons. The highest BCUT2D eigenvalue weighted by Crippen LogP contribution is 2.36. The number of nitrogens with zero attached hydrogens (tertiary/aromatic N) is 2. The number of nitrogen functional groups attached to an aromatic ring is 1. The van der Waals surface area contributed by atoms with Crippen LogP contribution in [0.3, 0.4) is 0 Å². The SMILES string of the molecule is Nc1nccc(-c2c3ccc(c2O)CCc2ccc(cc2)CC3)n1. The highest BCUT2D eigenvalue weighted by atomic mass is 16.3. The number of anilines is 1. The quantitative estimate of drug-likeness (QED) is 0.722. The van der Waals surface area contributed by atoms with Crippen molar-refractivity contribution in [1.82, 2.24) is 9.97 Å². The first-order valence-electron chi connectivity index (χ1n) is 8.21. The average molecular weight is 317 g/mol. The van der Waals surface area contributed by atoms with Crippen LogP contribution in [-0.4, -0.2) is 15.1 Å².